The normalized spacial score (nSPS) is 12.6. The third-order valence-electron chi connectivity index (χ3n) is 1.83. The molecule has 0 aliphatic carbocycles. The Morgan fingerprint density at radius 3 is 2.14 bits per heavy atom. The highest BCUT2D eigenvalue weighted by Crippen LogP contribution is 2.11. The lowest BCUT2D eigenvalue weighted by Gasteiger charge is -2.23. The summed E-state index contributed by atoms with van der Waals surface area (Å²) in [6.45, 7) is 5.24. The van der Waals surface area contributed by atoms with Crippen molar-refractivity contribution in [2.75, 3.05) is 0 Å². The van der Waals surface area contributed by atoms with Crippen LogP contribution in [0.1, 0.15) is 33.6 Å². The zero-order chi connectivity index (χ0) is 11.3. The smallest absolute Gasteiger partial charge is 0.329 e. The summed E-state index contributed by atoms with van der Waals surface area (Å²) < 4.78 is 0. The summed E-state index contributed by atoms with van der Waals surface area (Å²) in [5.74, 6) is -1.64. The van der Waals surface area contributed by atoms with E-state index in [4.69, 9.17) is 5.11 Å². The first-order chi connectivity index (χ1) is 6.40. The predicted octanol–water partition coefficient (Wildman–Crippen LogP) is 1.11. The van der Waals surface area contributed by atoms with Gasteiger partial charge in [0.15, 0.2) is 6.04 Å². The van der Waals surface area contributed by atoms with Gasteiger partial charge in [-0.1, -0.05) is 20.8 Å². The van der Waals surface area contributed by atoms with Gasteiger partial charge in [0, 0.05) is 6.42 Å². The van der Waals surface area contributed by atoms with E-state index in [9.17, 15) is 14.8 Å². The summed E-state index contributed by atoms with van der Waals surface area (Å²) in [6, 6.07) is -1.14. The second-order valence-corrected chi connectivity index (χ2v) is 3.58. The van der Waals surface area contributed by atoms with Crippen LogP contribution in [0.2, 0.25) is 0 Å². The first-order valence-corrected chi connectivity index (χ1v) is 4.63. The molecule has 0 saturated heterocycles. The van der Waals surface area contributed by atoms with Crippen molar-refractivity contribution in [2.45, 2.75) is 39.7 Å². The summed E-state index contributed by atoms with van der Waals surface area (Å²) in [5, 5.41) is 18.4. The largest absolute Gasteiger partial charge is 0.480 e. The van der Waals surface area contributed by atoms with Crippen LogP contribution in [0.3, 0.4) is 0 Å². The zero-order valence-electron chi connectivity index (χ0n) is 8.73. The molecule has 0 aromatic heterocycles. The van der Waals surface area contributed by atoms with E-state index in [0.717, 1.165) is 0 Å². The first kappa shape index (κ1) is 12.9. The van der Waals surface area contributed by atoms with Crippen molar-refractivity contribution in [1.82, 2.24) is 5.06 Å². The van der Waals surface area contributed by atoms with E-state index in [1.165, 1.54) is 0 Å². The molecule has 0 aliphatic rings. The molecule has 5 heteroatoms. The van der Waals surface area contributed by atoms with Crippen LogP contribution >= 0.6 is 0 Å². The van der Waals surface area contributed by atoms with Crippen LogP contribution in [0.4, 0.5) is 0 Å². The molecule has 0 aromatic rings. The monoisotopic (exact) mass is 203 g/mol. The van der Waals surface area contributed by atoms with E-state index in [1.54, 1.807) is 6.92 Å². The lowest BCUT2D eigenvalue weighted by atomic mass is 10.0. The summed E-state index contributed by atoms with van der Waals surface area (Å²) in [4.78, 5) is 21.8. The highest BCUT2D eigenvalue weighted by molar-refractivity contribution is 5.82. The Labute approximate surface area is 83.3 Å². The number of hydrogen-bond donors (Lipinski definition) is 2. The van der Waals surface area contributed by atoms with E-state index in [1.807, 2.05) is 13.8 Å². The Morgan fingerprint density at radius 1 is 1.36 bits per heavy atom. The van der Waals surface area contributed by atoms with Crippen molar-refractivity contribution in [3.8, 4) is 0 Å². The molecular formula is C9H17NO4. The molecule has 1 atom stereocenters. The van der Waals surface area contributed by atoms with Gasteiger partial charge in [0.05, 0.1) is 0 Å². The maximum atomic E-state index is 11.1. The number of carbonyl (C=O) groups is 2. The minimum absolute atomic E-state index is 0.0956. The third-order valence-corrected chi connectivity index (χ3v) is 1.83. The summed E-state index contributed by atoms with van der Waals surface area (Å²) in [6.07, 6.45) is 0.343. The van der Waals surface area contributed by atoms with Crippen LogP contribution in [-0.2, 0) is 9.59 Å². The van der Waals surface area contributed by atoms with Gasteiger partial charge in [-0.2, -0.15) is 0 Å². The number of carboxylic acids is 1. The molecule has 1 unspecified atom stereocenters. The van der Waals surface area contributed by atoms with Crippen molar-refractivity contribution < 1.29 is 19.9 Å². The van der Waals surface area contributed by atoms with Gasteiger partial charge in [-0.05, 0) is 12.3 Å². The second-order valence-electron chi connectivity index (χ2n) is 3.58. The molecule has 0 rings (SSSR count). The molecule has 0 fully saturated rings. The third kappa shape index (κ3) is 3.74. The van der Waals surface area contributed by atoms with E-state index in [-0.39, 0.29) is 18.8 Å². The molecule has 82 valence electrons. The summed E-state index contributed by atoms with van der Waals surface area (Å²) >= 11 is 0. The molecule has 5 nitrogen and oxygen atoms in total. The number of nitrogens with zero attached hydrogens (tertiary/aromatic N) is 1. The molecule has 1 amide bonds. The molecule has 0 aromatic carbocycles. The lowest BCUT2D eigenvalue weighted by molar-refractivity contribution is -0.187. The number of amides is 1. The van der Waals surface area contributed by atoms with Crippen molar-refractivity contribution in [3.63, 3.8) is 0 Å². The standard InChI is InChI=1S/C9H17NO4/c1-4-8(11)10(14)7(9(12)13)5-6(2)3/h6-7,14H,4-5H2,1-3H3,(H,12,13). The highest BCUT2D eigenvalue weighted by atomic mass is 16.5. The lowest BCUT2D eigenvalue weighted by Crippen LogP contribution is -2.43. The van der Waals surface area contributed by atoms with Crippen molar-refractivity contribution in [2.24, 2.45) is 5.92 Å². The van der Waals surface area contributed by atoms with E-state index in [0.29, 0.717) is 5.06 Å². The van der Waals surface area contributed by atoms with Gasteiger partial charge in [-0.15, -0.1) is 0 Å². The van der Waals surface area contributed by atoms with E-state index in [2.05, 4.69) is 0 Å². The van der Waals surface area contributed by atoms with Crippen LogP contribution in [-0.4, -0.2) is 33.3 Å². The number of aliphatic carboxylic acids is 1. The number of rotatable bonds is 5. The molecule has 0 aliphatic heterocycles. The average molecular weight is 203 g/mol. The fourth-order valence-electron chi connectivity index (χ4n) is 1.09. The Kier molecular flexibility index (Phi) is 5.15. The van der Waals surface area contributed by atoms with Crippen molar-refractivity contribution in [3.05, 3.63) is 0 Å². The minimum Gasteiger partial charge on any atom is -0.480 e. The van der Waals surface area contributed by atoms with Crippen LogP contribution in [0.15, 0.2) is 0 Å². The van der Waals surface area contributed by atoms with Gasteiger partial charge in [-0.25, -0.2) is 9.86 Å². The highest BCUT2D eigenvalue weighted by Gasteiger charge is 2.28. The maximum absolute atomic E-state index is 11.1. The Morgan fingerprint density at radius 2 is 1.86 bits per heavy atom. The van der Waals surface area contributed by atoms with Crippen LogP contribution < -0.4 is 0 Å². The number of hydroxylamine groups is 2. The fourth-order valence-corrected chi connectivity index (χ4v) is 1.09. The molecule has 0 spiro atoms. The molecular weight excluding hydrogens is 186 g/mol. The molecule has 0 saturated carbocycles. The fraction of sp³-hybridized carbons (Fsp3) is 0.778. The minimum atomic E-state index is -1.18. The van der Waals surface area contributed by atoms with Crippen LogP contribution in [0.5, 0.6) is 0 Å². The molecule has 2 N–H and O–H groups in total. The Bertz CT molecular complexity index is 215. The van der Waals surface area contributed by atoms with Gasteiger partial charge in [0.2, 0.25) is 5.91 Å². The van der Waals surface area contributed by atoms with Crippen molar-refractivity contribution in [1.29, 1.82) is 0 Å². The van der Waals surface area contributed by atoms with Gasteiger partial charge < -0.3 is 5.11 Å². The Hall–Kier alpha value is -1.10. The van der Waals surface area contributed by atoms with E-state index < -0.39 is 17.9 Å². The quantitative estimate of drug-likeness (QED) is 0.518. The predicted molar refractivity (Wildman–Crippen MR) is 49.8 cm³/mol. The maximum Gasteiger partial charge on any atom is 0.329 e. The van der Waals surface area contributed by atoms with E-state index >= 15 is 0 Å². The molecule has 0 radical (unpaired) electrons. The first-order valence-electron chi connectivity index (χ1n) is 4.63. The average Bonchev–Trinajstić information content (AvgIpc) is 2.11. The number of carbonyl (C=O) groups excluding carboxylic acids is 1. The topological polar surface area (TPSA) is 77.8 Å². The van der Waals surface area contributed by atoms with Crippen LogP contribution in [0, 0.1) is 5.92 Å². The summed E-state index contributed by atoms with van der Waals surface area (Å²) in [7, 11) is 0. The van der Waals surface area contributed by atoms with Gasteiger partial charge in [-0.3, -0.25) is 10.0 Å². The van der Waals surface area contributed by atoms with Crippen LogP contribution in [0.25, 0.3) is 0 Å². The van der Waals surface area contributed by atoms with Gasteiger partial charge in [0.1, 0.15) is 0 Å². The number of hydrogen-bond acceptors (Lipinski definition) is 3. The Balaban J connectivity index is 4.48. The van der Waals surface area contributed by atoms with Crippen molar-refractivity contribution >= 4 is 11.9 Å². The zero-order valence-corrected chi connectivity index (χ0v) is 8.73. The van der Waals surface area contributed by atoms with Gasteiger partial charge in [0.25, 0.3) is 0 Å². The number of carboxylic acid groups (broad SMARTS) is 1. The SMILES string of the molecule is CCC(=O)N(O)C(CC(C)C)C(=O)O. The summed E-state index contributed by atoms with van der Waals surface area (Å²) in [5.41, 5.74) is 0. The molecule has 14 heavy (non-hydrogen) atoms. The second kappa shape index (κ2) is 5.59. The molecule has 0 heterocycles. The molecule has 0 bridgehead atoms. The van der Waals surface area contributed by atoms with Gasteiger partial charge >= 0.3 is 5.97 Å².